The molecule has 1 aromatic heterocycles. The number of nitrogens with zero attached hydrogens (tertiary/aromatic N) is 2. The van der Waals surface area contributed by atoms with Crippen LogP contribution in [0.3, 0.4) is 0 Å². The first-order valence-electron chi connectivity index (χ1n) is 9.04. The fourth-order valence-corrected chi connectivity index (χ4v) is 4.67. The molecule has 0 unspecified atom stereocenters. The number of aryl methyl sites for hydroxylation is 1. The van der Waals surface area contributed by atoms with Crippen molar-refractivity contribution in [3.63, 3.8) is 0 Å². The Hall–Kier alpha value is -0.490. The van der Waals surface area contributed by atoms with Gasteiger partial charge in [0.25, 0.3) is 0 Å². The Bertz CT molecular complexity index is 521. The maximum atomic E-state index is 6.05. The van der Waals surface area contributed by atoms with E-state index in [0.29, 0.717) is 11.5 Å². The van der Waals surface area contributed by atoms with Gasteiger partial charge in [0.15, 0.2) is 0 Å². The first-order valence-corrected chi connectivity index (χ1v) is 9.91. The van der Waals surface area contributed by atoms with Crippen molar-refractivity contribution in [1.29, 1.82) is 0 Å². The van der Waals surface area contributed by atoms with Gasteiger partial charge in [-0.05, 0) is 63.5 Å². The van der Waals surface area contributed by atoms with E-state index in [4.69, 9.17) is 9.47 Å². The van der Waals surface area contributed by atoms with E-state index < -0.39 is 0 Å². The van der Waals surface area contributed by atoms with E-state index in [-0.39, 0.29) is 0 Å². The topological polar surface area (TPSA) is 34.6 Å². The summed E-state index contributed by atoms with van der Waals surface area (Å²) in [4.78, 5) is 7.15. The summed E-state index contributed by atoms with van der Waals surface area (Å²) in [5, 5.41) is 3.41. The molecule has 3 aliphatic rings. The van der Waals surface area contributed by atoms with Gasteiger partial charge < -0.3 is 9.47 Å². The van der Waals surface area contributed by atoms with E-state index in [2.05, 4.69) is 22.2 Å². The van der Waals surface area contributed by atoms with E-state index in [0.717, 1.165) is 38.0 Å². The Morgan fingerprint density at radius 3 is 2.87 bits per heavy atom. The molecule has 0 aromatic carbocycles. The minimum absolute atomic E-state index is 0.335. The lowest BCUT2D eigenvalue weighted by molar-refractivity contribution is 0.00917. The number of hydrogen-bond acceptors (Lipinski definition) is 5. The Morgan fingerprint density at radius 1 is 1.35 bits per heavy atom. The molecule has 23 heavy (non-hydrogen) atoms. The molecule has 2 saturated heterocycles. The van der Waals surface area contributed by atoms with E-state index in [1.165, 1.54) is 50.2 Å². The van der Waals surface area contributed by atoms with Gasteiger partial charge in [0, 0.05) is 17.7 Å². The van der Waals surface area contributed by atoms with Crippen LogP contribution in [0.2, 0.25) is 0 Å². The Balaban J connectivity index is 1.21. The summed E-state index contributed by atoms with van der Waals surface area (Å²) in [6, 6.07) is 0. The highest BCUT2D eigenvalue weighted by atomic mass is 32.1. The highest BCUT2D eigenvalue weighted by Crippen LogP contribution is 2.42. The zero-order chi connectivity index (χ0) is 15.7. The molecule has 0 N–H and O–H groups in total. The minimum Gasteiger partial charge on any atom is -0.378 e. The van der Waals surface area contributed by atoms with Crippen LogP contribution in [-0.2, 0) is 16.0 Å². The van der Waals surface area contributed by atoms with Gasteiger partial charge in [0.05, 0.1) is 25.9 Å². The Kier molecular flexibility index (Phi) is 4.72. The lowest BCUT2D eigenvalue weighted by Gasteiger charge is -2.38. The van der Waals surface area contributed by atoms with Crippen molar-refractivity contribution in [2.75, 3.05) is 32.9 Å². The number of likely N-dealkylation sites (tertiary alicyclic amines) is 1. The summed E-state index contributed by atoms with van der Waals surface area (Å²) in [7, 11) is 0. The standard InChI is InChI=1S/C18H28N2O2S/c1-14-12-23-17(19-14)9-20-6-4-18(5-7-20)8-16(22-13-18)11-21-10-15-2-3-15/h12,15-16H,2-11,13H2,1H3/t16-/m1/s1. The lowest BCUT2D eigenvalue weighted by atomic mass is 9.77. The van der Waals surface area contributed by atoms with Crippen LogP contribution < -0.4 is 0 Å². The van der Waals surface area contributed by atoms with Crippen LogP contribution in [0.5, 0.6) is 0 Å². The van der Waals surface area contributed by atoms with Crippen LogP contribution in [0.4, 0.5) is 0 Å². The van der Waals surface area contributed by atoms with Gasteiger partial charge in [0.1, 0.15) is 5.01 Å². The van der Waals surface area contributed by atoms with Gasteiger partial charge in [-0.3, -0.25) is 4.90 Å². The quantitative estimate of drug-likeness (QED) is 0.799. The molecule has 4 rings (SSSR count). The molecular weight excluding hydrogens is 308 g/mol. The van der Waals surface area contributed by atoms with Crippen LogP contribution in [0, 0.1) is 18.3 Å². The number of aromatic nitrogens is 1. The van der Waals surface area contributed by atoms with Crippen LogP contribution in [0.25, 0.3) is 0 Å². The molecular formula is C18H28N2O2S. The highest BCUT2D eigenvalue weighted by Gasteiger charge is 2.42. The van der Waals surface area contributed by atoms with E-state index in [1.807, 2.05) is 0 Å². The van der Waals surface area contributed by atoms with Crippen molar-refractivity contribution in [3.8, 4) is 0 Å². The molecule has 0 amide bonds. The molecule has 1 saturated carbocycles. The Morgan fingerprint density at radius 2 is 2.17 bits per heavy atom. The summed E-state index contributed by atoms with van der Waals surface area (Å²) >= 11 is 1.79. The molecule has 1 aromatic rings. The van der Waals surface area contributed by atoms with Crippen LogP contribution in [0.15, 0.2) is 5.38 Å². The number of piperidine rings is 1. The predicted molar refractivity (Wildman–Crippen MR) is 91.7 cm³/mol. The van der Waals surface area contributed by atoms with Crippen molar-refractivity contribution < 1.29 is 9.47 Å². The van der Waals surface area contributed by atoms with Gasteiger partial charge in [-0.2, -0.15) is 0 Å². The van der Waals surface area contributed by atoms with Crippen molar-refractivity contribution >= 4 is 11.3 Å². The molecule has 0 bridgehead atoms. The zero-order valence-electron chi connectivity index (χ0n) is 14.1. The second-order valence-corrected chi connectivity index (χ2v) is 8.72. The molecule has 0 radical (unpaired) electrons. The molecule has 5 heteroatoms. The average molecular weight is 337 g/mol. The van der Waals surface area contributed by atoms with Gasteiger partial charge in [0.2, 0.25) is 0 Å². The average Bonchev–Trinajstić information content (AvgIpc) is 3.16. The molecule has 1 aliphatic carbocycles. The van der Waals surface area contributed by atoms with E-state index >= 15 is 0 Å². The number of thiazole rings is 1. The maximum Gasteiger partial charge on any atom is 0.107 e. The normalized spacial score (nSPS) is 27.8. The molecule has 1 atom stereocenters. The number of rotatable bonds is 6. The fraction of sp³-hybridized carbons (Fsp3) is 0.833. The van der Waals surface area contributed by atoms with E-state index in [9.17, 15) is 0 Å². The number of hydrogen-bond donors (Lipinski definition) is 0. The van der Waals surface area contributed by atoms with Crippen LogP contribution >= 0.6 is 11.3 Å². The monoisotopic (exact) mass is 336 g/mol. The first-order chi connectivity index (χ1) is 11.2. The third kappa shape index (κ3) is 4.13. The summed E-state index contributed by atoms with van der Waals surface area (Å²) in [6.07, 6.45) is 6.78. The van der Waals surface area contributed by atoms with Crippen molar-refractivity contribution in [2.24, 2.45) is 11.3 Å². The SMILES string of the molecule is Cc1csc(CN2CCC3(CC2)CO[C@@H](COCC2CC2)C3)n1. The van der Waals surface area contributed by atoms with Gasteiger partial charge in [-0.25, -0.2) is 4.98 Å². The van der Waals surface area contributed by atoms with Gasteiger partial charge in [-0.15, -0.1) is 11.3 Å². The summed E-state index contributed by atoms with van der Waals surface area (Å²) in [5.41, 5.74) is 1.57. The summed E-state index contributed by atoms with van der Waals surface area (Å²) < 4.78 is 11.9. The third-order valence-corrected chi connectivity index (χ3v) is 6.53. The lowest BCUT2D eigenvalue weighted by Crippen LogP contribution is -2.40. The van der Waals surface area contributed by atoms with Gasteiger partial charge in [-0.1, -0.05) is 0 Å². The van der Waals surface area contributed by atoms with Crippen LogP contribution in [-0.4, -0.2) is 48.9 Å². The predicted octanol–water partition coefficient (Wildman–Crippen LogP) is 3.25. The van der Waals surface area contributed by atoms with Gasteiger partial charge >= 0.3 is 0 Å². The Labute approximate surface area is 143 Å². The van der Waals surface area contributed by atoms with Crippen molar-refractivity contribution in [3.05, 3.63) is 16.1 Å². The molecule has 4 nitrogen and oxygen atoms in total. The van der Waals surface area contributed by atoms with Crippen LogP contribution in [0.1, 0.15) is 42.8 Å². The largest absolute Gasteiger partial charge is 0.378 e. The highest BCUT2D eigenvalue weighted by molar-refractivity contribution is 7.09. The summed E-state index contributed by atoms with van der Waals surface area (Å²) in [5.74, 6) is 0.850. The third-order valence-electron chi connectivity index (χ3n) is 5.58. The molecule has 2 aliphatic heterocycles. The number of ether oxygens (including phenoxy) is 2. The second-order valence-electron chi connectivity index (χ2n) is 7.78. The summed E-state index contributed by atoms with van der Waals surface area (Å²) in [6.45, 7) is 8.15. The van der Waals surface area contributed by atoms with Crippen molar-refractivity contribution in [1.82, 2.24) is 9.88 Å². The molecule has 128 valence electrons. The van der Waals surface area contributed by atoms with Crippen molar-refractivity contribution in [2.45, 2.75) is 51.7 Å². The molecule has 1 spiro atoms. The fourth-order valence-electron chi connectivity index (χ4n) is 3.85. The second kappa shape index (κ2) is 6.79. The first kappa shape index (κ1) is 16.0. The molecule has 3 heterocycles. The maximum absolute atomic E-state index is 6.05. The zero-order valence-corrected chi connectivity index (χ0v) is 14.9. The minimum atomic E-state index is 0.335. The van der Waals surface area contributed by atoms with E-state index in [1.54, 1.807) is 11.3 Å². The molecule has 3 fully saturated rings. The smallest absolute Gasteiger partial charge is 0.107 e.